The van der Waals surface area contributed by atoms with E-state index in [1.165, 1.54) is 17.0 Å². The van der Waals surface area contributed by atoms with Crippen LogP contribution in [0.25, 0.3) is 5.65 Å². The van der Waals surface area contributed by atoms with Crippen LogP contribution < -0.4 is 11.5 Å². The molecule has 0 aromatic carbocycles. The molecule has 1 aliphatic heterocycles. The number of fused-ring (bicyclic) bond motifs is 1. The van der Waals surface area contributed by atoms with Crippen LogP contribution in [0.1, 0.15) is 18.6 Å². The first-order valence-corrected chi connectivity index (χ1v) is 6.14. The summed E-state index contributed by atoms with van der Waals surface area (Å²) in [6.45, 7) is 1.34. The molecule has 0 aliphatic carbocycles. The number of aromatic nitrogens is 4. The molecular formula is C11H16N6O3. The Bertz CT molecular complexity index is 642. The maximum absolute atomic E-state index is 10.1. The Kier molecular flexibility index (Phi) is 2.87. The number of nitrogen functional groups attached to an aromatic ring is 1. The molecular weight excluding hydrogens is 264 g/mol. The van der Waals surface area contributed by atoms with Crippen molar-refractivity contribution in [3.05, 3.63) is 18.1 Å². The fourth-order valence-corrected chi connectivity index (χ4v) is 2.54. The highest BCUT2D eigenvalue weighted by Gasteiger charge is 2.51. The first kappa shape index (κ1) is 13.2. The third kappa shape index (κ3) is 1.68. The summed E-state index contributed by atoms with van der Waals surface area (Å²) in [6, 6.07) is 0. The van der Waals surface area contributed by atoms with Crippen LogP contribution in [-0.2, 0) is 4.74 Å². The van der Waals surface area contributed by atoms with Crippen molar-refractivity contribution in [2.45, 2.75) is 30.8 Å². The first-order valence-electron chi connectivity index (χ1n) is 6.14. The van der Waals surface area contributed by atoms with Crippen molar-refractivity contribution >= 4 is 11.6 Å². The molecule has 0 amide bonds. The maximum Gasteiger partial charge on any atom is 0.224 e. The minimum Gasteiger partial charge on any atom is -0.394 e. The second kappa shape index (κ2) is 4.35. The van der Waals surface area contributed by atoms with E-state index in [9.17, 15) is 10.2 Å². The van der Waals surface area contributed by atoms with Crippen LogP contribution in [0.15, 0.2) is 12.5 Å². The zero-order valence-corrected chi connectivity index (χ0v) is 10.8. The van der Waals surface area contributed by atoms with Gasteiger partial charge in [-0.2, -0.15) is 9.61 Å². The van der Waals surface area contributed by atoms with Crippen molar-refractivity contribution < 1.29 is 14.9 Å². The molecule has 3 rings (SSSR count). The van der Waals surface area contributed by atoms with Gasteiger partial charge in [0.05, 0.1) is 18.3 Å². The van der Waals surface area contributed by atoms with E-state index in [1.807, 2.05) is 0 Å². The van der Waals surface area contributed by atoms with Crippen molar-refractivity contribution in [2.75, 3.05) is 12.3 Å². The second-order valence-corrected chi connectivity index (χ2v) is 5.12. The smallest absolute Gasteiger partial charge is 0.224 e. The fourth-order valence-electron chi connectivity index (χ4n) is 2.54. The zero-order chi connectivity index (χ0) is 14.5. The summed E-state index contributed by atoms with van der Waals surface area (Å²) in [5.41, 5.74) is 11.8. The van der Waals surface area contributed by atoms with Crippen LogP contribution >= 0.6 is 0 Å². The highest BCUT2D eigenvalue weighted by atomic mass is 16.5. The summed E-state index contributed by atoms with van der Waals surface area (Å²) in [5, 5.41) is 23.4. The maximum atomic E-state index is 10.1. The third-order valence-electron chi connectivity index (χ3n) is 3.69. The van der Waals surface area contributed by atoms with E-state index in [0.29, 0.717) is 11.2 Å². The van der Waals surface area contributed by atoms with Gasteiger partial charge in [0.2, 0.25) is 5.95 Å². The number of anilines is 1. The molecule has 2 aromatic heterocycles. The Morgan fingerprint density at radius 3 is 2.90 bits per heavy atom. The Balaban J connectivity index is 2.10. The summed E-state index contributed by atoms with van der Waals surface area (Å²) >= 11 is 0. The van der Waals surface area contributed by atoms with Gasteiger partial charge in [0.1, 0.15) is 24.6 Å². The second-order valence-electron chi connectivity index (χ2n) is 5.12. The van der Waals surface area contributed by atoms with Gasteiger partial charge in [0.25, 0.3) is 0 Å². The van der Waals surface area contributed by atoms with Gasteiger partial charge < -0.3 is 26.4 Å². The highest BCUT2D eigenvalue weighted by Crippen LogP contribution is 2.40. The van der Waals surface area contributed by atoms with E-state index < -0.39 is 23.9 Å². The van der Waals surface area contributed by atoms with Crippen molar-refractivity contribution in [1.82, 2.24) is 19.6 Å². The largest absolute Gasteiger partial charge is 0.394 e. The summed E-state index contributed by atoms with van der Waals surface area (Å²) in [5.74, 6) is 0.192. The SMILES string of the molecule is CC1(N)C(c2cnn3c(N)ncnc23)OC(CO)C1O. The topological polar surface area (TPSA) is 145 Å². The predicted molar refractivity (Wildman–Crippen MR) is 68.5 cm³/mol. The molecule has 0 saturated carbocycles. The lowest BCUT2D eigenvalue weighted by molar-refractivity contribution is -0.0223. The van der Waals surface area contributed by atoms with Crippen LogP contribution in [-0.4, -0.2) is 54.1 Å². The first-order chi connectivity index (χ1) is 9.46. The Hall–Kier alpha value is -1.81. The molecule has 0 bridgehead atoms. The Morgan fingerprint density at radius 2 is 2.25 bits per heavy atom. The number of aliphatic hydroxyl groups excluding tert-OH is 2. The van der Waals surface area contributed by atoms with Crippen LogP contribution in [0.2, 0.25) is 0 Å². The van der Waals surface area contributed by atoms with E-state index in [2.05, 4.69) is 15.1 Å². The lowest BCUT2D eigenvalue weighted by Crippen LogP contribution is -2.50. The van der Waals surface area contributed by atoms with Crippen LogP contribution in [0.4, 0.5) is 5.95 Å². The summed E-state index contributed by atoms with van der Waals surface area (Å²) in [7, 11) is 0. The van der Waals surface area contributed by atoms with E-state index in [0.717, 1.165) is 0 Å². The summed E-state index contributed by atoms with van der Waals surface area (Å²) < 4.78 is 7.02. The number of rotatable bonds is 2. The molecule has 4 unspecified atom stereocenters. The monoisotopic (exact) mass is 280 g/mol. The van der Waals surface area contributed by atoms with E-state index in [-0.39, 0.29) is 12.6 Å². The van der Waals surface area contributed by atoms with Gasteiger partial charge in [-0.3, -0.25) is 0 Å². The van der Waals surface area contributed by atoms with Gasteiger partial charge in [-0.1, -0.05) is 0 Å². The number of nitrogens with zero attached hydrogens (tertiary/aromatic N) is 4. The van der Waals surface area contributed by atoms with Gasteiger partial charge in [-0.15, -0.1) is 0 Å². The summed E-state index contributed by atoms with van der Waals surface area (Å²) in [4.78, 5) is 7.95. The lowest BCUT2D eigenvalue weighted by Gasteiger charge is -2.27. The van der Waals surface area contributed by atoms with Crippen molar-refractivity contribution in [3.63, 3.8) is 0 Å². The summed E-state index contributed by atoms with van der Waals surface area (Å²) in [6.07, 6.45) is 0.457. The number of nitrogens with two attached hydrogens (primary N) is 2. The van der Waals surface area contributed by atoms with Crippen LogP contribution in [0.3, 0.4) is 0 Å². The van der Waals surface area contributed by atoms with Gasteiger partial charge in [-0.25, -0.2) is 9.97 Å². The van der Waals surface area contributed by atoms with Crippen LogP contribution in [0, 0.1) is 0 Å². The molecule has 1 saturated heterocycles. The molecule has 1 aliphatic rings. The van der Waals surface area contributed by atoms with Crippen molar-refractivity contribution in [3.8, 4) is 0 Å². The molecule has 0 radical (unpaired) electrons. The van der Waals surface area contributed by atoms with Gasteiger partial charge in [0.15, 0.2) is 5.65 Å². The van der Waals surface area contributed by atoms with E-state index in [4.69, 9.17) is 16.2 Å². The molecule has 0 spiro atoms. The van der Waals surface area contributed by atoms with Gasteiger partial charge in [-0.05, 0) is 6.92 Å². The number of aliphatic hydroxyl groups is 2. The van der Waals surface area contributed by atoms with E-state index >= 15 is 0 Å². The molecule has 9 heteroatoms. The molecule has 108 valence electrons. The van der Waals surface area contributed by atoms with Gasteiger partial charge in [0, 0.05) is 5.56 Å². The molecule has 9 nitrogen and oxygen atoms in total. The number of hydrogen-bond acceptors (Lipinski definition) is 8. The Labute approximate surface area is 114 Å². The highest BCUT2D eigenvalue weighted by molar-refractivity contribution is 5.51. The van der Waals surface area contributed by atoms with E-state index in [1.54, 1.807) is 6.92 Å². The number of hydrogen-bond donors (Lipinski definition) is 4. The minimum absolute atomic E-state index is 0.192. The zero-order valence-electron chi connectivity index (χ0n) is 10.8. The average Bonchev–Trinajstić information content (AvgIpc) is 2.92. The quantitative estimate of drug-likeness (QED) is 0.505. The van der Waals surface area contributed by atoms with Gasteiger partial charge >= 0.3 is 0 Å². The third-order valence-corrected chi connectivity index (χ3v) is 3.69. The predicted octanol–water partition coefficient (Wildman–Crippen LogP) is -1.78. The molecule has 3 heterocycles. The molecule has 20 heavy (non-hydrogen) atoms. The van der Waals surface area contributed by atoms with Crippen molar-refractivity contribution in [2.24, 2.45) is 5.73 Å². The molecule has 6 N–H and O–H groups in total. The van der Waals surface area contributed by atoms with Crippen LogP contribution in [0.5, 0.6) is 0 Å². The molecule has 4 atom stereocenters. The molecule has 2 aromatic rings. The standard InChI is InChI=1S/C11H16N6O3/c1-11(13)7(19)6(3-18)20-8(11)5-2-16-17-9(5)14-4-15-10(17)12/h2,4,6-8,18-19H,3,13H2,1H3,(H2,12,14,15). The minimum atomic E-state index is -1.07. The normalized spacial score (nSPS) is 33.9. The lowest BCUT2D eigenvalue weighted by atomic mass is 9.87. The average molecular weight is 280 g/mol. The molecule has 1 fully saturated rings. The fraction of sp³-hybridized carbons (Fsp3) is 0.545. The Morgan fingerprint density at radius 1 is 1.50 bits per heavy atom. The number of ether oxygens (including phenoxy) is 1. The van der Waals surface area contributed by atoms with Crippen molar-refractivity contribution in [1.29, 1.82) is 0 Å².